The Labute approximate surface area is 203 Å². The molecular formula is C23H22BrN5O5. The molecule has 176 valence electrons. The van der Waals surface area contributed by atoms with Crippen LogP contribution in [0.2, 0.25) is 0 Å². The van der Waals surface area contributed by atoms with E-state index in [4.69, 9.17) is 18.6 Å². The number of rotatable bonds is 9. The summed E-state index contributed by atoms with van der Waals surface area (Å²) in [5.41, 5.74) is 2.34. The van der Waals surface area contributed by atoms with Gasteiger partial charge in [-0.15, -0.1) is 5.10 Å². The first-order valence-electron chi connectivity index (χ1n) is 10.6. The summed E-state index contributed by atoms with van der Waals surface area (Å²) in [7, 11) is 1.58. The van der Waals surface area contributed by atoms with E-state index in [2.05, 4.69) is 36.6 Å². The normalized spacial score (nSPS) is 12.3. The minimum atomic E-state index is -0.126. The lowest BCUT2D eigenvalue weighted by atomic mass is 10.0. The molecule has 0 unspecified atom stereocenters. The van der Waals surface area contributed by atoms with Gasteiger partial charge in [0.1, 0.15) is 18.1 Å². The van der Waals surface area contributed by atoms with Crippen molar-refractivity contribution >= 4 is 38.8 Å². The van der Waals surface area contributed by atoms with Crippen molar-refractivity contribution in [2.24, 2.45) is 0 Å². The lowest BCUT2D eigenvalue weighted by molar-refractivity contribution is -0.120. The number of amides is 1. The predicted octanol–water partition coefficient (Wildman–Crippen LogP) is 3.56. The molecule has 1 aliphatic rings. The van der Waals surface area contributed by atoms with E-state index < -0.39 is 0 Å². The van der Waals surface area contributed by atoms with Gasteiger partial charge >= 0.3 is 0 Å². The first kappa shape index (κ1) is 22.2. The third-order valence-corrected chi connectivity index (χ3v) is 5.62. The Morgan fingerprint density at radius 3 is 2.76 bits per heavy atom. The van der Waals surface area contributed by atoms with E-state index in [0.29, 0.717) is 46.6 Å². The highest BCUT2D eigenvalue weighted by Crippen LogP contribution is 2.41. The van der Waals surface area contributed by atoms with Crippen LogP contribution in [0.4, 0.5) is 5.95 Å². The van der Waals surface area contributed by atoms with Crippen molar-refractivity contribution in [3.63, 3.8) is 0 Å². The van der Waals surface area contributed by atoms with Crippen LogP contribution in [0.25, 0.3) is 22.3 Å². The Balaban J connectivity index is 1.30. The van der Waals surface area contributed by atoms with Crippen LogP contribution in [0.5, 0.6) is 11.5 Å². The van der Waals surface area contributed by atoms with Gasteiger partial charge in [0.15, 0.2) is 11.5 Å². The smallest absolute Gasteiger partial charge is 0.231 e. The van der Waals surface area contributed by atoms with E-state index in [9.17, 15) is 4.79 Å². The molecule has 0 bridgehead atoms. The molecule has 1 aliphatic heterocycles. The molecule has 0 fully saturated rings. The number of nitrogens with one attached hydrogen (secondary N) is 2. The molecule has 3 heterocycles. The number of ether oxygens (including phenoxy) is 3. The maximum atomic E-state index is 12.9. The standard InChI is InChI=1S/C23H22BrN5O5/c1-31-12-29-23(27-22(24)28-29)26-8-7-25-20(30)10-16-15-9-18-19(33-13-32-18)11-17(15)34-21(16)14-5-3-2-4-6-14/h2-6,9,11H,7-8,10,12-13H2,1H3,(H,25,30)(H,26,27,28). The number of halogens is 1. The zero-order valence-corrected chi connectivity index (χ0v) is 19.9. The predicted molar refractivity (Wildman–Crippen MR) is 128 cm³/mol. The monoisotopic (exact) mass is 527 g/mol. The Kier molecular flexibility index (Phi) is 6.37. The van der Waals surface area contributed by atoms with Crippen LogP contribution >= 0.6 is 15.9 Å². The van der Waals surface area contributed by atoms with Crippen LogP contribution in [-0.2, 0) is 22.7 Å². The molecule has 2 aromatic carbocycles. The molecule has 0 spiro atoms. The molecular weight excluding hydrogens is 506 g/mol. The summed E-state index contributed by atoms with van der Waals surface area (Å²) in [6, 6.07) is 13.4. The lowest BCUT2D eigenvalue weighted by Gasteiger charge is -2.09. The summed E-state index contributed by atoms with van der Waals surface area (Å²) in [6.45, 7) is 1.31. The Morgan fingerprint density at radius 2 is 1.97 bits per heavy atom. The van der Waals surface area contributed by atoms with E-state index in [1.807, 2.05) is 42.5 Å². The largest absolute Gasteiger partial charge is 0.456 e. The van der Waals surface area contributed by atoms with Crippen molar-refractivity contribution in [2.75, 3.05) is 32.3 Å². The van der Waals surface area contributed by atoms with Gasteiger partial charge in [-0.2, -0.15) is 4.98 Å². The lowest BCUT2D eigenvalue weighted by Crippen LogP contribution is -2.30. The molecule has 0 radical (unpaired) electrons. The minimum Gasteiger partial charge on any atom is -0.456 e. The van der Waals surface area contributed by atoms with Gasteiger partial charge in [-0.1, -0.05) is 30.3 Å². The van der Waals surface area contributed by atoms with Crippen molar-refractivity contribution in [2.45, 2.75) is 13.2 Å². The number of carbonyl (C=O) groups excluding carboxylic acids is 1. The minimum absolute atomic E-state index is 0.126. The first-order chi connectivity index (χ1) is 16.6. The number of anilines is 1. The summed E-state index contributed by atoms with van der Waals surface area (Å²) in [5, 5.41) is 11.1. The number of aromatic nitrogens is 3. The SMILES string of the molecule is COCn1nc(Br)nc1NCCNC(=O)Cc1c(-c2ccccc2)oc2cc3c(cc12)OCO3. The number of hydrogen-bond acceptors (Lipinski definition) is 8. The maximum Gasteiger partial charge on any atom is 0.231 e. The Morgan fingerprint density at radius 1 is 1.18 bits per heavy atom. The number of furan rings is 1. The highest BCUT2D eigenvalue weighted by atomic mass is 79.9. The summed E-state index contributed by atoms with van der Waals surface area (Å²) in [6.07, 6.45) is 0.155. The molecule has 0 saturated heterocycles. The maximum absolute atomic E-state index is 12.9. The van der Waals surface area contributed by atoms with Crippen LogP contribution in [0, 0.1) is 0 Å². The number of nitrogens with zero attached hydrogens (tertiary/aromatic N) is 3. The zero-order chi connectivity index (χ0) is 23.5. The molecule has 0 atom stereocenters. The van der Waals surface area contributed by atoms with Gasteiger partial charge in [-0.3, -0.25) is 4.79 Å². The van der Waals surface area contributed by atoms with Gasteiger partial charge in [0.25, 0.3) is 0 Å². The van der Waals surface area contributed by atoms with Gasteiger partial charge in [0, 0.05) is 42.8 Å². The molecule has 0 saturated carbocycles. The summed E-state index contributed by atoms with van der Waals surface area (Å²) >= 11 is 3.25. The highest BCUT2D eigenvalue weighted by Gasteiger charge is 2.23. The van der Waals surface area contributed by atoms with E-state index in [1.54, 1.807) is 11.8 Å². The van der Waals surface area contributed by atoms with Crippen LogP contribution in [0.1, 0.15) is 5.56 Å². The number of hydrogen-bond donors (Lipinski definition) is 2. The van der Waals surface area contributed by atoms with E-state index in [0.717, 1.165) is 16.5 Å². The summed E-state index contributed by atoms with van der Waals surface area (Å²) in [5.74, 6) is 2.36. The quantitative estimate of drug-likeness (QED) is 0.317. The van der Waals surface area contributed by atoms with Crippen molar-refractivity contribution in [3.05, 3.63) is 52.8 Å². The first-order valence-corrected chi connectivity index (χ1v) is 11.4. The van der Waals surface area contributed by atoms with Crippen molar-refractivity contribution in [1.82, 2.24) is 20.1 Å². The molecule has 4 aromatic rings. The Bertz CT molecular complexity index is 1320. The van der Waals surface area contributed by atoms with Crippen LogP contribution in [0.3, 0.4) is 0 Å². The second-order valence-electron chi connectivity index (χ2n) is 7.55. The fourth-order valence-electron chi connectivity index (χ4n) is 3.79. The van der Waals surface area contributed by atoms with Gasteiger partial charge in [0.05, 0.1) is 6.42 Å². The van der Waals surface area contributed by atoms with Crippen LogP contribution in [0.15, 0.2) is 51.6 Å². The van der Waals surface area contributed by atoms with Crippen LogP contribution < -0.4 is 20.1 Å². The third-order valence-electron chi connectivity index (χ3n) is 5.29. The average molecular weight is 528 g/mol. The van der Waals surface area contributed by atoms with Gasteiger partial charge < -0.3 is 29.3 Å². The second kappa shape index (κ2) is 9.74. The molecule has 1 amide bonds. The summed E-state index contributed by atoms with van der Waals surface area (Å²) < 4.78 is 24.3. The van der Waals surface area contributed by atoms with Gasteiger partial charge in [-0.05, 0) is 22.0 Å². The molecule has 2 N–H and O–H groups in total. The highest BCUT2D eigenvalue weighted by molar-refractivity contribution is 9.10. The van der Waals surface area contributed by atoms with E-state index in [1.165, 1.54) is 0 Å². The third kappa shape index (κ3) is 4.57. The van der Waals surface area contributed by atoms with Gasteiger partial charge in [0.2, 0.25) is 23.4 Å². The molecule has 34 heavy (non-hydrogen) atoms. The van der Waals surface area contributed by atoms with Crippen molar-refractivity contribution in [1.29, 1.82) is 0 Å². The molecule has 11 heteroatoms. The van der Waals surface area contributed by atoms with Crippen molar-refractivity contribution in [3.8, 4) is 22.8 Å². The fourth-order valence-corrected chi connectivity index (χ4v) is 4.15. The second-order valence-corrected chi connectivity index (χ2v) is 8.26. The average Bonchev–Trinajstić information content (AvgIpc) is 3.53. The molecule has 10 nitrogen and oxygen atoms in total. The molecule has 2 aromatic heterocycles. The molecule has 5 rings (SSSR count). The number of carbonyl (C=O) groups is 1. The summed E-state index contributed by atoms with van der Waals surface area (Å²) in [4.78, 5) is 17.1. The Hall–Kier alpha value is -3.57. The number of fused-ring (bicyclic) bond motifs is 2. The van der Waals surface area contributed by atoms with E-state index in [-0.39, 0.29) is 25.9 Å². The topological polar surface area (TPSA) is 113 Å². The fraction of sp³-hybridized carbons (Fsp3) is 0.261. The van der Waals surface area contributed by atoms with Gasteiger partial charge in [-0.25, -0.2) is 4.68 Å². The zero-order valence-electron chi connectivity index (χ0n) is 18.3. The van der Waals surface area contributed by atoms with Crippen LogP contribution in [-0.4, -0.2) is 47.7 Å². The molecule has 0 aliphatic carbocycles. The van der Waals surface area contributed by atoms with Crippen molar-refractivity contribution < 1.29 is 23.4 Å². The number of methoxy groups -OCH3 is 1. The van der Waals surface area contributed by atoms with E-state index >= 15 is 0 Å². The number of benzene rings is 2.